The summed E-state index contributed by atoms with van der Waals surface area (Å²) in [6.07, 6.45) is 0.465. The number of ether oxygens (including phenoxy) is 1. The van der Waals surface area contributed by atoms with Crippen LogP contribution < -0.4 is 11.2 Å². The van der Waals surface area contributed by atoms with E-state index in [4.69, 9.17) is 10.5 Å². The molecular formula is C10H11N3O2. The molecule has 3 N–H and O–H groups in total. The van der Waals surface area contributed by atoms with E-state index >= 15 is 0 Å². The minimum absolute atomic E-state index is 0.239. The molecule has 1 aliphatic rings. The molecular weight excluding hydrogens is 194 g/mol. The Hall–Kier alpha value is -1.88. The van der Waals surface area contributed by atoms with Crippen molar-refractivity contribution < 1.29 is 9.53 Å². The highest BCUT2D eigenvalue weighted by atomic mass is 16.6. The Bertz CT molecular complexity index is 389. The van der Waals surface area contributed by atoms with Gasteiger partial charge in [0.2, 0.25) is 0 Å². The van der Waals surface area contributed by atoms with E-state index in [1.54, 1.807) is 0 Å². The number of esters is 1. The fraction of sp³-hybridized carbons (Fsp3) is 0.200. The van der Waals surface area contributed by atoms with Crippen molar-refractivity contribution in [3.8, 4) is 0 Å². The van der Waals surface area contributed by atoms with Gasteiger partial charge in [-0.1, -0.05) is 30.3 Å². The van der Waals surface area contributed by atoms with E-state index in [1.165, 1.54) is 0 Å². The quantitative estimate of drug-likeness (QED) is 0.678. The van der Waals surface area contributed by atoms with Gasteiger partial charge in [-0.15, -0.1) is 5.10 Å². The van der Waals surface area contributed by atoms with E-state index in [0.717, 1.165) is 5.56 Å². The summed E-state index contributed by atoms with van der Waals surface area (Å²) in [6.45, 7) is 0. The van der Waals surface area contributed by atoms with Crippen LogP contribution in [0.1, 0.15) is 5.56 Å². The number of carbonyl (C=O) groups is 1. The third kappa shape index (κ3) is 2.78. The van der Waals surface area contributed by atoms with Crippen molar-refractivity contribution in [3.05, 3.63) is 35.9 Å². The Balaban J connectivity index is 1.88. The second kappa shape index (κ2) is 4.10. The maximum atomic E-state index is 11.3. The molecule has 0 aromatic heterocycles. The summed E-state index contributed by atoms with van der Waals surface area (Å²) in [7, 11) is 0. The number of benzene rings is 1. The Kier molecular flexibility index (Phi) is 2.64. The molecule has 0 amide bonds. The van der Waals surface area contributed by atoms with Crippen molar-refractivity contribution in [2.24, 2.45) is 10.8 Å². The molecule has 2 rings (SSSR count). The molecule has 0 saturated carbocycles. The van der Waals surface area contributed by atoms with Gasteiger partial charge in [0.25, 0.3) is 0 Å². The number of hydrogen-bond acceptors (Lipinski definition) is 5. The molecule has 0 saturated heterocycles. The maximum absolute atomic E-state index is 11.3. The molecule has 1 heterocycles. The van der Waals surface area contributed by atoms with Crippen LogP contribution in [0.4, 0.5) is 0 Å². The van der Waals surface area contributed by atoms with Crippen LogP contribution in [0.15, 0.2) is 35.4 Å². The van der Waals surface area contributed by atoms with Crippen LogP contribution in [-0.4, -0.2) is 18.0 Å². The molecule has 0 radical (unpaired) electrons. The van der Waals surface area contributed by atoms with E-state index in [1.807, 2.05) is 30.3 Å². The predicted octanol–water partition coefficient (Wildman–Crippen LogP) is -0.0262. The van der Waals surface area contributed by atoms with Gasteiger partial charge in [0, 0.05) is 0 Å². The lowest BCUT2D eigenvalue weighted by Crippen LogP contribution is -2.35. The topological polar surface area (TPSA) is 86.6 Å². The summed E-state index contributed by atoms with van der Waals surface area (Å²) in [4.78, 5) is 11.3. The molecule has 0 aliphatic carbocycles. The highest BCUT2D eigenvalue weighted by Crippen LogP contribution is 2.03. The van der Waals surface area contributed by atoms with Gasteiger partial charge >= 0.3 is 12.0 Å². The van der Waals surface area contributed by atoms with E-state index in [-0.39, 0.29) is 6.02 Å². The van der Waals surface area contributed by atoms with Crippen molar-refractivity contribution >= 4 is 12.0 Å². The summed E-state index contributed by atoms with van der Waals surface area (Å²) in [6, 6.07) is 9.14. The van der Waals surface area contributed by atoms with Gasteiger partial charge in [-0.3, -0.25) is 0 Å². The summed E-state index contributed by atoms with van der Waals surface area (Å²) >= 11 is 0. The van der Waals surface area contributed by atoms with Crippen molar-refractivity contribution in [2.45, 2.75) is 12.5 Å². The van der Waals surface area contributed by atoms with E-state index in [2.05, 4.69) is 10.5 Å². The Morgan fingerprint density at radius 2 is 2.13 bits per heavy atom. The molecule has 1 atom stereocenters. The standard InChI is InChI=1S/C10H11N3O2/c11-8(9(14)15-10-12-13-10)6-7-4-2-1-3-5-7/h1-5,8H,6,11H2,(H,12,13)/t8-/m1/s1. The third-order valence-corrected chi connectivity index (χ3v) is 2.00. The fourth-order valence-electron chi connectivity index (χ4n) is 1.19. The van der Waals surface area contributed by atoms with Gasteiger partial charge in [0.15, 0.2) is 0 Å². The van der Waals surface area contributed by atoms with Crippen molar-refractivity contribution in [1.82, 2.24) is 5.43 Å². The normalized spacial score (nSPS) is 14.9. The summed E-state index contributed by atoms with van der Waals surface area (Å²) in [5.74, 6) is -0.470. The van der Waals surface area contributed by atoms with Crippen molar-refractivity contribution in [1.29, 1.82) is 0 Å². The smallest absolute Gasteiger partial charge is 0.335 e. The molecule has 0 fully saturated rings. The maximum Gasteiger partial charge on any atom is 0.335 e. The van der Waals surface area contributed by atoms with Crippen LogP contribution in [0.2, 0.25) is 0 Å². The number of nitrogens with zero attached hydrogens (tertiary/aromatic N) is 1. The lowest BCUT2D eigenvalue weighted by atomic mass is 10.1. The molecule has 15 heavy (non-hydrogen) atoms. The Labute approximate surface area is 86.9 Å². The van der Waals surface area contributed by atoms with Gasteiger partial charge < -0.3 is 10.5 Å². The average Bonchev–Trinajstić information content (AvgIpc) is 3.03. The van der Waals surface area contributed by atoms with E-state index in [0.29, 0.717) is 6.42 Å². The monoisotopic (exact) mass is 205 g/mol. The van der Waals surface area contributed by atoms with Gasteiger partial charge in [0.1, 0.15) is 6.04 Å². The minimum atomic E-state index is -0.655. The zero-order valence-electron chi connectivity index (χ0n) is 8.01. The summed E-state index contributed by atoms with van der Waals surface area (Å²) in [5, 5.41) is 3.50. The number of nitrogens with one attached hydrogen (secondary N) is 1. The number of amidine groups is 1. The number of hydrogen-bond donors (Lipinski definition) is 2. The third-order valence-electron chi connectivity index (χ3n) is 2.00. The lowest BCUT2D eigenvalue weighted by molar-refractivity contribution is -0.136. The fourth-order valence-corrected chi connectivity index (χ4v) is 1.19. The zero-order valence-corrected chi connectivity index (χ0v) is 8.01. The molecule has 1 aliphatic heterocycles. The first-order valence-corrected chi connectivity index (χ1v) is 4.60. The highest BCUT2D eigenvalue weighted by Gasteiger charge is 2.22. The number of hydrazone groups is 1. The molecule has 0 spiro atoms. The molecule has 1 aromatic rings. The van der Waals surface area contributed by atoms with Gasteiger partial charge in [0.05, 0.1) is 0 Å². The second-order valence-electron chi connectivity index (χ2n) is 3.25. The van der Waals surface area contributed by atoms with Crippen LogP contribution in [0.5, 0.6) is 0 Å². The van der Waals surface area contributed by atoms with Gasteiger partial charge in [-0.2, -0.15) is 0 Å². The first kappa shape index (κ1) is 9.67. The summed E-state index contributed by atoms with van der Waals surface area (Å²) in [5.41, 5.74) is 9.10. The largest absolute Gasteiger partial charge is 0.389 e. The second-order valence-corrected chi connectivity index (χ2v) is 3.25. The van der Waals surface area contributed by atoms with Crippen LogP contribution in [-0.2, 0) is 16.0 Å². The number of rotatable bonds is 3. The molecule has 78 valence electrons. The first-order valence-electron chi connectivity index (χ1n) is 4.60. The van der Waals surface area contributed by atoms with E-state index in [9.17, 15) is 4.79 Å². The van der Waals surface area contributed by atoms with Crippen LogP contribution in [0.25, 0.3) is 0 Å². The molecule has 1 aromatic carbocycles. The lowest BCUT2D eigenvalue weighted by Gasteiger charge is -2.08. The Morgan fingerprint density at radius 1 is 1.47 bits per heavy atom. The SMILES string of the molecule is N[C@H](Cc1ccccc1)C(=O)OC1=NN1. The van der Waals surface area contributed by atoms with E-state index < -0.39 is 12.0 Å². The summed E-state index contributed by atoms with van der Waals surface area (Å²) < 4.78 is 4.77. The molecule has 0 unspecified atom stereocenters. The number of carbonyl (C=O) groups excluding carboxylic acids is 1. The van der Waals surface area contributed by atoms with Gasteiger partial charge in [-0.05, 0) is 12.0 Å². The van der Waals surface area contributed by atoms with Crippen LogP contribution >= 0.6 is 0 Å². The molecule has 5 nitrogen and oxygen atoms in total. The van der Waals surface area contributed by atoms with Crippen LogP contribution in [0, 0.1) is 0 Å². The van der Waals surface area contributed by atoms with Gasteiger partial charge in [-0.25, -0.2) is 10.2 Å². The zero-order chi connectivity index (χ0) is 10.7. The molecule has 0 bridgehead atoms. The highest BCUT2D eigenvalue weighted by molar-refractivity contribution is 5.94. The van der Waals surface area contributed by atoms with Crippen molar-refractivity contribution in [3.63, 3.8) is 0 Å². The Morgan fingerprint density at radius 3 is 2.73 bits per heavy atom. The van der Waals surface area contributed by atoms with Crippen LogP contribution in [0.3, 0.4) is 0 Å². The number of nitrogens with two attached hydrogens (primary N) is 1. The minimum Gasteiger partial charge on any atom is -0.389 e. The average molecular weight is 205 g/mol. The first-order chi connectivity index (χ1) is 7.25. The van der Waals surface area contributed by atoms with Crippen molar-refractivity contribution in [2.75, 3.05) is 0 Å². The molecule has 5 heteroatoms. The predicted molar refractivity (Wildman–Crippen MR) is 54.8 cm³/mol.